The van der Waals surface area contributed by atoms with Gasteiger partial charge in [-0.3, -0.25) is 9.89 Å². The Morgan fingerprint density at radius 3 is 2.84 bits per heavy atom. The number of aromatic amines is 1. The van der Waals surface area contributed by atoms with Crippen LogP contribution in [0.3, 0.4) is 0 Å². The number of H-pyrrole nitrogens is 1. The molecule has 2 aromatic rings. The molecule has 0 radical (unpaired) electrons. The Balaban J connectivity index is 2.03. The zero-order valence-corrected chi connectivity index (χ0v) is 12.3. The molecule has 100 valence electrons. The van der Waals surface area contributed by atoms with Crippen molar-refractivity contribution in [3.05, 3.63) is 52.3 Å². The molecule has 19 heavy (non-hydrogen) atoms. The number of aromatic nitrogens is 2. The van der Waals surface area contributed by atoms with Crippen LogP contribution >= 0.6 is 15.9 Å². The van der Waals surface area contributed by atoms with E-state index < -0.39 is 0 Å². The van der Waals surface area contributed by atoms with Crippen molar-refractivity contribution in [1.82, 2.24) is 15.5 Å². The summed E-state index contributed by atoms with van der Waals surface area (Å²) in [5.74, 6) is -0.00754. The van der Waals surface area contributed by atoms with Crippen molar-refractivity contribution in [3.8, 4) is 0 Å². The SMILES string of the molecule is CC[C@H](NC(=O)Cc1ccn[nH]1)c1ccccc1Br. The molecule has 0 spiro atoms. The molecule has 0 aliphatic heterocycles. The zero-order valence-electron chi connectivity index (χ0n) is 10.7. The maximum absolute atomic E-state index is 12.0. The van der Waals surface area contributed by atoms with E-state index in [-0.39, 0.29) is 11.9 Å². The average Bonchev–Trinajstić information content (AvgIpc) is 2.89. The van der Waals surface area contributed by atoms with Crippen molar-refractivity contribution in [2.24, 2.45) is 0 Å². The summed E-state index contributed by atoms with van der Waals surface area (Å²) in [7, 11) is 0. The van der Waals surface area contributed by atoms with E-state index in [1.807, 2.05) is 24.3 Å². The lowest BCUT2D eigenvalue weighted by atomic mass is 10.0. The topological polar surface area (TPSA) is 57.8 Å². The molecular formula is C14H16BrN3O. The van der Waals surface area contributed by atoms with Crippen LogP contribution in [0, 0.1) is 0 Å². The predicted molar refractivity (Wildman–Crippen MR) is 77.6 cm³/mol. The standard InChI is InChI=1S/C14H16BrN3O/c1-2-13(11-5-3-4-6-12(11)15)17-14(19)9-10-7-8-16-18-10/h3-8,13H,2,9H2,1H3,(H,16,18)(H,17,19)/t13-/m0/s1. The van der Waals surface area contributed by atoms with Crippen LogP contribution in [-0.2, 0) is 11.2 Å². The van der Waals surface area contributed by atoms with Crippen molar-refractivity contribution in [3.63, 3.8) is 0 Å². The molecule has 1 amide bonds. The Morgan fingerprint density at radius 1 is 1.42 bits per heavy atom. The fourth-order valence-electron chi connectivity index (χ4n) is 1.96. The van der Waals surface area contributed by atoms with Gasteiger partial charge in [0, 0.05) is 16.4 Å². The summed E-state index contributed by atoms with van der Waals surface area (Å²) < 4.78 is 1.02. The molecule has 1 atom stereocenters. The van der Waals surface area contributed by atoms with Crippen LogP contribution in [0.5, 0.6) is 0 Å². The van der Waals surface area contributed by atoms with Gasteiger partial charge >= 0.3 is 0 Å². The van der Waals surface area contributed by atoms with Gasteiger partial charge in [-0.15, -0.1) is 0 Å². The summed E-state index contributed by atoms with van der Waals surface area (Å²) in [6.07, 6.45) is 2.81. The number of rotatable bonds is 5. The quantitative estimate of drug-likeness (QED) is 0.889. The van der Waals surface area contributed by atoms with E-state index in [1.165, 1.54) is 0 Å². The minimum atomic E-state index is -0.00754. The Bertz CT molecular complexity index is 539. The molecule has 5 heteroatoms. The third kappa shape index (κ3) is 3.67. The van der Waals surface area contributed by atoms with Crippen LogP contribution in [0.15, 0.2) is 41.0 Å². The maximum atomic E-state index is 12.0. The number of nitrogens with zero attached hydrogens (tertiary/aromatic N) is 1. The highest BCUT2D eigenvalue weighted by atomic mass is 79.9. The lowest BCUT2D eigenvalue weighted by Crippen LogP contribution is -2.29. The highest BCUT2D eigenvalue weighted by Gasteiger charge is 2.15. The molecule has 0 bridgehead atoms. The van der Waals surface area contributed by atoms with Gasteiger partial charge in [-0.25, -0.2) is 0 Å². The minimum absolute atomic E-state index is 0.00754. The lowest BCUT2D eigenvalue weighted by molar-refractivity contribution is -0.121. The molecule has 0 fully saturated rings. The Labute approximate surface area is 120 Å². The molecular weight excluding hydrogens is 306 g/mol. The van der Waals surface area contributed by atoms with Gasteiger partial charge in [-0.1, -0.05) is 41.1 Å². The Kier molecular flexibility index (Phi) is 4.74. The molecule has 0 unspecified atom stereocenters. The number of amides is 1. The van der Waals surface area contributed by atoms with Gasteiger partial charge in [0.05, 0.1) is 12.5 Å². The van der Waals surface area contributed by atoms with Gasteiger partial charge in [0.15, 0.2) is 0 Å². The van der Waals surface area contributed by atoms with E-state index in [1.54, 1.807) is 12.3 Å². The monoisotopic (exact) mass is 321 g/mol. The molecule has 1 aromatic carbocycles. The second kappa shape index (κ2) is 6.52. The van der Waals surface area contributed by atoms with Crippen molar-refractivity contribution in [1.29, 1.82) is 0 Å². The maximum Gasteiger partial charge on any atom is 0.226 e. The number of carbonyl (C=O) groups is 1. The summed E-state index contributed by atoms with van der Waals surface area (Å²) in [5.41, 5.74) is 1.92. The number of benzene rings is 1. The lowest BCUT2D eigenvalue weighted by Gasteiger charge is -2.18. The van der Waals surface area contributed by atoms with Gasteiger partial charge in [0.25, 0.3) is 0 Å². The van der Waals surface area contributed by atoms with Gasteiger partial charge in [0.1, 0.15) is 0 Å². The van der Waals surface area contributed by atoms with Crippen molar-refractivity contribution >= 4 is 21.8 Å². The second-order valence-electron chi connectivity index (χ2n) is 4.31. The van der Waals surface area contributed by atoms with Crippen LogP contribution in [-0.4, -0.2) is 16.1 Å². The normalized spacial score (nSPS) is 12.1. The second-order valence-corrected chi connectivity index (χ2v) is 5.16. The van der Waals surface area contributed by atoms with Crippen molar-refractivity contribution in [2.75, 3.05) is 0 Å². The van der Waals surface area contributed by atoms with E-state index in [4.69, 9.17) is 0 Å². The molecule has 4 nitrogen and oxygen atoms in total. The van der Waals surface area contributed by atoms with Crippen LogP contribution < -0.4 is 5.32 Å². The van der Waals surface area contributed by atoms with E-state index in [0.717, 1.165) is 22.2 Å². The van der Waals surface area contributed by atoms with Crippen LogP contribution in [0.4, 0.5) is 0 Å². The van der Waals surface area contributed by atoms with Gasteiger partial charge in [0.2, 0.25) is 5.91 Å². The minimum Gasteiger partial charge on any atom is -0.349 e. The largest absolute Gasteiger partial charge is 0.349 e. The number of halogens is 1. The first kappa shape index (κ1) is 13.8. The third-order valence-corrected chi connectivity index (χ3v) is 3.66. The number of nitrogens with one attached hydrogen (secondary N) is 2. The summed E-state index contributed by atoms with van der Waals surface area (Å²) in [6.45, 7) is 2.06. The van der Waals surface area contributed by atoms with Crippen molar-refractivity contribution < 1.29 is 4.79 Å². The number of carbonyl (C=O) groups excluding carboxylic acids is 1. The number of hydrogen-bond donors (Lipinski definition) is 2. The summed E-state index contributed by atoms with van der Waals surface area (Å²) >= 11 is 3.52. The van der Waals surface area contributed by atoms with E-state index in [9.17, 15) is 4.79 Å². The molecule has 2 N–H and O–H groups in total. The zero-order chi connectivity index (χ0) is 13.7. The third-order valence-electron chi connectivity index (χ3n) is 2.93. The van der Waals surface area contributed by atoms with Gasteiger partial charge < -0.3 is 5.32 Å². The first-order chi connectivity index (χ1) is 9.20. The first-order valence-electron chi connectivity index (χ1n) is 6.22. The fourth-order valence-corrected chi connectivity index (χ4v) is 2.52. The molecule has 0 saturated heterocycles. The van der Waals surface area contributed by atoms with Crippen LogP contribution in [0.2, 0.25) is 0 Å². The van der Waals surface area contributed by atoms with Crippen molar-refractivity contribution in [2.45, 2.75) is 25.8 Å². The summed E-state index contributed by atoms with van der Waals surface area (Å²) in [4.78, 5) is 12.0. The molecule has 0 saturated carbocycles. The van der Waals surface area contributed by atoms with Crippen LogP contribution in [0.25, 0.3) is 0 Å². The molecule has 2 rings (SSSR count). The first-order valence-corrected chi connectivity index (χ1v) is 7.02. The highest BCUT2D eigenvalue weighted by Crippen LogP contribution is 2.25. The van der Waals surface area contributed by atoms with E-state index >= 15 is 0 Å². The number of hydrogen-bond acceptors (Lipinski definition) is 2. The van der Waals surface area contributed by atoms with E-state index in [0.29, 0.717) is 6.42 Å². The Hall–Kier alpha value is -1.62. The highest BCUT2D eigenvalue weighted by molar-refractivity contribution is 9.10. The summed E-state index contributed by atoms with van der Waals surface area (Å²) in [6, 6.07) is 9.77. The average molecular weight is 322 g/mol. The Morgan fingerprint density at radius 2 is 2.21 bits per heavy atom. The smallest absolute Gasteiger partial charge is 0.226 e. The van der Waals surface area contributed by atoms with Crippen LogP contribution in [0.1, 0.15) is 30.6 Å². The molecule has 0 aliphatic rings. The molecule has 0 aliphatic carbocycles. The molecule has 1 heterocycles. The van der Waals surface area contributed by atoms with E-state index in [2.05, 4.69) is 38.4 Å². The predicted octanol–water partition coefficient (Wildman–Crippen LogP) is 2.98. The summed E-state index contributed by atoms with van der Waals surface area (Å²) in [5, 5.41) is 9.67. The van der Waals surface area contributed by atoms with Gasteiger partial charge in [-0.05, 0) is 24.1 Å². The molecule has 1 aromatic heterocycles. The fraction of sp³-hybridized carbons (Fsp3) is 0.286. The van der Waals surface area contributed by atoms with Gasteiger partial charge in [-0.2, -0.15) is 5.10 Å².